The van der Waals surface area contributed by atoms with E-state index in [1.807, 2.05) is 0 Å². The number of aromatic nitrogens is 1. The molecule has 0 unspecified atom stereocenters. The predicted octanol–water partition coefficient (Wildman–Crippen LogP) is 2.94. The molecule has 3 aromatic rings. The predicted molar refractivity (Wildman–Crippen MR) is 97.4 cm³/mol. The second-order valence-corrected chi connectivity index (χ2v) is 9.64. The van der Waals surface area contributed by atoms with Gasteiger partial charge in [-0.2, -0.15) is 8.42 Å². The van der Waals surface area contributed by atoms with E-state index in [9.17, 15) is 16.8 Å². The fourth-order valence-corrected chi connectivity index (χ4v) is 3.89. The fourth-order valence-electron chi connectivity index (χ4n) is 2.47. The molecule has 0 spiro atoms. The van der Waals surface area contributed by atoms with Crippen LogP contribution in [0.4, 0.5) is 0 Å². The highest BCUT2D eigenvalue weighted by Crippen LogP contribution is 2.35. The summed E-state index contributed by atoms with van der Waals surface area (Å²) in [7, 11) is -7.11. The topological polar surface area (TPSA) is 104 Å². The Morgan fingerprint density at radius 1 is 1.12 bits per heavy atom. The van der Waals surface area contributed by atoms with Crippen LogP contribution in [0.25, 0.3) is 22.6 Å². The molecule has 0 atom stereocenters. The van der Waals surface area contributed by atoms with Gasteiger partial charge in [-0.1, -0.05) is 19.1 Å². The van der Waals surface area contributed by atoms with E-state index in [4.69, 9.17) is 8.60 Å². The van der Waals surface area contributed by atoms with Crippen molar-refractivity contribution in [2.24, 2.45) is 0 Å². The Morgan fingerprint density at radius 3 is 2.50 bits per heavy atom. The molecule has 138 valence electrons. The van der Waals surface area contributed by atoms with Crippen LogP contribution in [0.15, 0.2) is 45.7 Å². The van der Waals surface area contributed by atoms with Crippen molar-refractivity contribution in [2.75, 3.05) is 12.0 Å². The van der Waals surface area contributed by atoms with Crippen LogP contribution in [0.2, 0.25) is 0 Å². The minimum Gasteiger partial charge on any atom is -0.436 e. The van der Waals surface area contributed by atoms with Gasteiger partial charge in [-0.15, -0.1) is 0 Å². The van der Waals surface area contributed by atoms with Crippen LogP contribution in [0.3, 0.4) is 0 Å². The Bertz CT molecular complexity index is 1190. The van der Waals surface area contributed by atoms with E-state index in [2.05, 4.69) is 4.98 Å². The standard InChI is InChI=1S/C17H17NO6S2/c1-4-26(21,22)12-8-9-15-14(10-12)18-17(23-15)13-7-5-6-11(2)16(13)24-25(3,19)20/h5-10H,4H2,1-3H3. The summed E-state index contributed by atoms with van der Waals surface area (Å²) in [5.74, 6) is 0.254. The van der Waals surface area contributed by atoms with Gasteiger partial charge in [0.05, 0.1) is 22.5 Å². The van der Waals surface area contributed by atoms with Gasteiger partial charge in [-0.3, -0.25) is 0 Å². The number of para-hydroxylation sites is 1. The van der Waals surface area contributed by atoms with Gasteiger partial charge in [0.25, 0.3) is 0 Å². The molecule has 0 N–H and O–H groups in total. The molecule has 7 nitrogen and oxygen atoms in total. The molecule has 0 saturated carbocycles. The van der Waals surface area contributed by atoms with Crippen molar-refractivity contribution < 1.29 is 25.4 Å². The highest BCUT2D eigenvalue weighted by atomic mass is 32.2. The summed E-state index contributed by atoms with van der Waals surface area (Å²) in [6.07, 6.45) is 0.956. The van der Waals surface area contributed by atoms with Gasteiger partial charge in [0.15, 0.2) is 21.2 Å². The minimum absolute atomic E-state index is 0.0204. The van der Waals surface area contributed by atoms with Gasteiger partial charge in [-0.25, -0.2) is 13.4 Å². The molecule has 2 aromatic carbocycles. The number of oxazole rings is 1. The Kier molecular flexibility index (Phi) is 4.53. The van der Waals surface area contributed by atoms with Crippen LogP contribution in [0, 0.1) is 6.92 Å². The summed E-state index contributed by atoms with van der Waals surface area (Å²) in [6.45, 7) is 3.27. The highest BCUT2D eigenvalue weighted by Gasteiger charge is 2.20. The van der Waals surface area contributed by atoms with Gasteiger partial charge in [0.1, 0.15) is 5.52 Å². The largest absolute Gasteiger partial charge is 0.436 e. The maximum atomic E-state index is 12.0. The third-order valence-corrected chi connectivity index (χ3v) is 5.98. The lowest BCUT2D eigenvalue weighted by atomic mass is 10.1. The van der Waals surface area contributed by atoms with Crippen molar-refractivity contribution in [2.45, 2.75) is 18.7 Å². The number of aryl methyl sites for hydroxylation is 1. The number of nitrogens with zero attached hydrogens (tertiary/aromatic N) is 1. The van der Waals surface area contributed by atoms with E-state index in [0.717, 1.165) is 6.26 Å². The van der Waals surface area contributed by atoms with Crippen molar-refractivity contribution in [3.63, 3.8) is 0 Å². The Labute approximate surface area is 151 Å². The van der Waals surface area contributed by atoms with E-state index >= 15 is 0 Å². The van der Waals surface area contributed by atoms with Crippen LogP contribution in [0.5, 0.6) is 5.75 Å². The van der Waals surface area contributed by atoms with Gasteiger partial charge >= 0.3 is 10.1 Å². The number of hydrogen-bond acceptors (Lipinski definition) is 7. The summed E-state index contributed by atoms with van der Waals surface area (Å²) in [5, 5.41) is 0. The van der Waals surface area contributed by atoms with Crippen LogP contribution in [0.1, 0.15) is 12.5 Å². The van der Waals surface area contributed by atoms with Gasteiger partial charge in [0.2, 0.25) is 5.89 Å². The zero-order valence-electron chi connectivity index (χ0n) is 14.4. The Balaban J connectivity index is 2.17. The maximum Gasteiger partial charge on any atom is 0.306 e. The molecule has 0 bridgehead atoms. The lowest BCUT2D eigenvalue weighted by Gasteiger charge is -2.09. The first kappa shape index (κ1) is 18.4. The second-order valence-electron chi connectivity index (χ2n) is 5.79. The first-order chi connectivity index (χ1) is 12.1. The second kappa shape index (κ2) is 6.40. The molecule has 0 amide bonds. The van der Waals surface area contributed by atoms with Crippen molar-refractivity contribution in [3.05, 3.63) is 42.0 Å². The summed E-state index contributed by atoms with van der Waals surface area (Å²) >= 11 is 0. The maximum absolute atomic E-state index is 12.0. The van der Waals surface area contributed by atoms with Crippen molar-refractivity contribution in [3.8, 4) is 17.2 Å². The zero-order chi connectivity index (χ0) is 19.1. The number of hydrogen-bond donors (Lipinski definition) is 0. The lowest BCUT2D eigenvalue weighted by Crippen LogP contribution is -2.07. The molecule has 9 heteroatoms. The molecule has 26 heavy (non-hydrogen) atoms. The monoisotopic (exact) mass is 395 g/mol. The Morgan fingerprint density at radius 2 is 1.85 bits per heavy atom. The summed E-state index contributed by atoms with van der Waals surface area (Å²) in [5.41, 5.74) is 1.72. The number of benzene rings is 2. The lowest BCUT2D eigenvalue weighted by molar-refractivity contribution is 0.490. The van der Waals surface area contributed by atoms with Crippen molar-refractivity contribution in [1.82, 2.24) is 4.98 Å². The van der Waals surface area contributed by atoms with Crippen LogP contribution < -0.4 is 4.18 Å². The van der Waals surface area contributed by atoms with Crippen molar-refractivity contribution >= 4 is 31.1 Å². The van der Waals surface area contributed by atoms with E-state index in [1.165, 1.54) is 18.2 Å². The molecule has 0 saturated heterocycles. The van der Waals surface area contributed by atoms with E-state index in [1.54, 1.807) is 32.0 Å². The van der Waals surface area contributed by atoms with Gasteiger partial charge in [-0.05, 0) is 36.8 Å². The first-order valence-corrected chi connectivity index (χ1v) is 11.2. The smallest absolute Gasteiger partial charge is 0.306 e. The van der Waals surface area contributed by atoms with Crippen LogP contribution in [-0.4, -0.2) is 33.8 Å². The van der Waals surface area contributed by atoms with Gasteiger partial charge < -0.3 is 8.60 Å². The molecule has 0 aliphatic heterocycles. The van der Waals surface area contributed by atoms with Gasteiger partial charge in [0, 0.05) is 0 Å². The fraction of sp³-hybridized carbons (Fsp3) is 0.235. The third-order valence-electron chi connectivity index (χ3n) is 3.78. The van der Waals surface area contributed by atoms with Crippen LogP contribution in [-0.2, 0) is 20.0 Å². The highest BCUT2D eigenvalue weighted by molar-refractivity contribution is 7.91. The van der Waals surface area contributed by atoms with E-state index < -0.39 is 20.0 Å². The molecule has 3 rings (SSSR count). The molecule has 0 fully saturated rings. The summed E-state index contributed by atoms with van der Waals surface area (Å²) in [6, 6.07) is 9.48. The molecular weight excluding hydrogens is 378 g/mol. The average Bonchev–Trinajstić information content (AvgIpc) is 2.98. The molecule has 0 aliphatic rings. The molecule has 1 heterocycles. The number of fused-ring (bicyclic) bond motifs is 1. The SMILES string of the molecule is CCS(=O)(=O)c1ccc2oc(-c3cccc(C)c3OS(C)(=O)=O)nc2c1. The number of sulfone groups is 1. The summed E-state index contributed by atoms with van der Waals surface area (Å²) < 4.78 is 57.9. The molecule has 1 aromatic heterocycles. The zero-order valence-corrected chi connectivity index (χ0v) is 16.0. The first-order valence-electron chi connectivity index (χ1n) is 7.73. The van der Waals surface area contributed by atoms with Crippen LogP contribution >= 0.6 is 0 Å². The van der Waals surface area contributed by atoms with E-state index in [-0.39, 0.29) is 22.3 Å². The minimum atomic E-state index is -3.74. The Hall–Kier alpha value is -2.39. The van der Waals surface area contributed by atoms with E-state index in [0.29, 0.717) is 22.2 Å². The third kappa shape index (κ3) is 3.58. The van der Waals surface area contributed by atoms with Crippen molar-refractivity contribution in [1.29, 1.82) is 0 Å². The quantitative estimate of drug-likeness (QED) is 0.612. The average molecular weight is 395 g/mol. The molecule has 0 aliphatic carbocycles. The molecule has 0 radical (unpaired) electrons. The number of rotatable bonds is 5. The summed E-state index contributed by atoms with van der Waals surface area (Å²) in [4.78, 5) is 4.47. The normalized spacial score (nSPS) is 12.4. The molecular formula is C17H17NO6S2.